The first-order valence-electron chi connectivity index (χ1n) is 3.33. The number of nitrogens with zero attached hydrogens (tertiary/aromatic N) is 2. The number of hydrogen-bond acceptors (Lipinski definition) is 2. The predicted molar refractivity (Wildman–Crippen MR) is 44.5 cm³/mol. The molecule has 3 heteroatoms. The normalized spacial score (nSPS) is 27.1. The molecule has 0 N–H and O–H groups in total. The van der Waals surface area contributed by atoms with Gasteiger partial charge in [-0.3, -0.25) is 4.65 Å². The van der Waals surface area contributed by atoms with Crippen molar-refractivity contribution in [2.24, 2.45) is 4.99 Å². The molecule has 1 radical (unpaired) electrons. The summed E-state index contributed by atoms with van der Waals surface area (Å²) >= 11 is 0. The van der Waals surface area contributed by atoms with Gasteiger partial charge in [0.25, 0.3) is 0 Å². The second-order valence-corrected chi connectivity index (χ2v) is 2.65. The van der Waals surface area contributed by atoms with Crippen molar-refractivity contribution in [1.29, 1.82) is 0 Å². The fraction of sp³-hybridized carbons (Fsp3) is 0.125. The van der Waals surface area contributed by atoms with E-state index in [-0.39, 0.29) is 0 Å². The number of benzene rings is 1. The van der Waals surface area contributed by atoms with Crippen molar-refractivity contribution in [2.75, 3.05) is 7.05 Å². The molecular weight excluding hydrogens is 140 g/mol. The highest BCUT2D eigenvalue weighted by atomic mass is 16.5. The van der Waals surface area contributed by atoms with Gasteiger partial charge in [0.2, 0.25) is 0 Å². The maximum absolute atomic E-state index is 11.5. The summed E-state index contributed by atoms with van der Waals surface area (Å²) in [6.45, 7) is 0. The average molecular weight is 147 g/mol. The van der Waals surface area contributed by atoms with Gasteiger partial charge in [-0.15, -0.1) is 0 Å². The van der Waals surface area contributed by atoms with Crippen LogP contribution in [0.1, 0.15) is 0 Å². The first-order chi connectivity index (χ1) is 5.20. The Kier molecular flexibility index (Phi) is 1.13. The van der Waals surface area contributed by atoms with Crippen molar-refractivity contribution in [3.8, 4) is 0 Å². The van der Waals surface area contributed by atoms with Crippen molar-refractivity contribution in [3.63, 3.8) is 0 Å². The molecule has 0 fully saturated rings. The van der Waals surface area contributed by atoms with E-state index < -0.39 is 4.65 Å². The smallest absolute Gasteiger partial charge is 0.195 e. The van der Waals surface area contributed by atoms with Gasteiger partial charge in [0, 0.05) is 6.07 Å². The maximum Gasteiger partial charge on any atom is 0.195 e. The lowest BCUT2D eigenvalue weighted by molar-refractivity contribution is 0.692. The second kappa shape index (κ2) is 1.90. The van der Waals surface area contributed by atoms with E-state index in [0.29, 0.717) is 5.69 Å². The zero-order valence-electron chi connectivity index (χ0n) is 6.11. The Morgan fingerprint density at radius 3 is 3.18 bits per heavy atom. The summed E-state index contributed by atoms with van der Waals surface area (Å²) in [4.78, 5) is 3.96. The third kappa shape index (κ3) is 0.859. The molecule has 0 spiro atoms. The molecular formula is C8H7N2O. The summed E-state index contributed by atoms with van der Waals surface area (Å²) in [6.07, 6.45) is 1.37. The lowest BCUT2D eigenvalue weighted by Crippen LogP contribution is -2.33. The third-order valence-electron chi connectivity index (χ3n) is 1.72. The molecule has 0 saturated carbocycles. The minimum absolute atomic E-state index is 0.510. The zero-order chi connectivity index (χ0) is 7.90. The summed E-state index contributed by atoms with van der Waals surface area (Å²) in [7, 11) is 1.55. The number of hydrogen-bond donors (Lipinski definition) is 0. The molecule has 0 aromatic heterocycles. The highest BCUT2D eigenvalue weighted by Gasteiger charge is 2.21. The summed E-state index contributed by atoms with van der Waals surface area (Å²) in [5, 5.41) is 11.5. The lowest BCUT2D eigenvalue weighted by atomic mass is 10.3. The Balaban J connectivity index is 2.64. The molecule has 1 unspecified atom stereocenters. The van der Waals surface area contributed by atoms with Crippen LogP contribution in [-0.2, 0) is 0 Å². The van der Waals surface area contributed by atoms with E-state index in [0.717, 1.165) is 5.69 Å². The van der Waals surface area contributed by atoms with Crippen LogP contribution in [-0.4, -0.2) is 13.4 Å². The standard InChI is InChI=1S/C8H7N2O/c1-10(11)6-9-7-4-2-3-5-8(7)10/h3-6H,1H3. The van der Waals surface area contributed by atoms with Gasteiger partial charge in [-0.2, -0.15) is 4.99 Å². The van der Waals surface area contributed by atoms with Crippen LogP contribution in [0, 0.1) is 11.3 Å². The van der Waals surface area contributed by atoms with Crippen molar-refractivity contribution in [1.82, 2.24) is 4.65 Å². The fourth-order valence-corrected chi connectivity index (χ4v) is 1.13. The Morgan fingerprint density at radius 1 is 1.64 bits per heavy atom. The quantitative estimate of drug-likeness (QED) is 0.405. The van der Waals surface area contributed by atoms with Gasteiger partial charge in [0.1, 0.15) is 5.69 Å². The zero-order valence-corrected chi connectivity index (χ0v) is 6.11. The van der Waals surface area contributed by atoms with Gasteiger partial charge >= 0.3 is 0 Å². The molecule has 0 aliphatic carbocycles. The van der Waals surface area contributed by atoms with Gasteiger partial charge in [-0.1, -0.05) is 0 Å². The van der Waals surface area contributed by atoms with Crippen molar-refractivity contribution >= 4 is 17.7 Å². The van der Waals surface area contributed by atoms with Crippen LogP contribution < -0.4 is 4.65 Å². The summed E-state index contributed by atoms with van der Waals surface area (Å²) in [5.41, 5.74) is 1.41. The molecule has 3 nitrogen and oxygen atoms in total. The van der Waals surface area contributed by atoms with E-state index in [1.54, 1.807) is 25.2 Å². The van der Waals surface area contributed by atoms with Crippen LogP contribution in [0.3, 0.4) is 0 Å². The van der Waals surface area contributed by atoms with Crippen molar-refractivity contribution in [2.45, 2.75) is 0 Å². The van der Waals surface area contributed by atoms with Gasteiger partial charge < -0.3 is 5.21 Å². The fourth-order valence-electron chi connectivity index (χ4n) is 1.13. The molecule has 1 aromatic rings. The number of fused-ring (bicyclic) bond motifs is 1. The molecule has 11 heavy (non-hydrogen) atoms. The summed E-state index contributed by atoms with van der Waals surface area (Å²) in [5.74, 6) is 0. The molecule has 2 rings (SSSR count). The summed E-state index contributed by atoms with van der Waals surface area (Å²) in [6, 6.07) is 8.05. The molecule has 55 valence electrons. The number of aliphatic imine (C=N–C) groups is 1. The molecule has 0 amide bonds. The van der Waals surface area contributed by atoms with Crippen LogP contribution in [0.2, 0.25) is 0 Å². The topological polar surface area (TPSA) is 35.4 Å². The number of quaternary nitrogens is 1. The Bertz CT molecular complexity index is 318. The Hall–Kier alpha value is -1.19. The van der Waals surface area contributed by atoms with E-state index in [1.165, 1.54) is 6.34 Å². The van der Waals surface area contributed by atoms with Crippen LogP contribution in [0.5, 0.6) is 0 Å². The number of hydroxylamine groups is 2. The molecule has 1 atom stereocenters. The second-order valence-electron chi connectivity index (χ2n) is 2.65. The summed E-state index contributed by atoms with van der Waals surface area (Å²) < 4.78 is -0.510. The van der Waals surface area contributed by atoms with Crippen LogP contribution >= 0.6 is 0 Å². The monoisotopic (exact) mass is 147 g/mol. The molecule has 1 aliphatic rings. The Labute approximate surface area is 64.8 Å². The lowest BCUT2D eigenvalue weighted by Gasteiger charge is -2.28. The largest absolute Gasteiger partial charge is 0.621 e. The average Bonchev–Trinajstić information content (AvgIpc) is 2.29. The van der Waals surface area contributed by atoms with Crippen LogP contribution in [0.25, 0.3) is 0 Å². The minimum atomic E-state index is -0.510. The number of rotatable bonds is 0. The van der Waals surface area contributed by atoms with Gasteiger partial charge in [0.15, 0.2) is 12.0 Å². The maximum atomic E-state index is 11.5. The van der Waals surface area contributed by atoms with Gasteiger partial charge in [0.05, 0.1) is 7.05 Å². The highest BCUT2D eigenvalue weighted by molar-refractivity contribution is 5.88. The van der Waals surface area contributed by atoms with E-state index in [9.17, 15) is 5.21 Å². The van der Waals surface area contributed by atoms with E-state index in [4.69, 9.17) is 0 Å². The van der Waals surface area contributed by atoms with E-state index in [2.05, 4.69) is 11.1 Å². The molecule has 1 aliphatic heterocycles. The van der Waals surface area contributed by atoms with Crippen LogP contribution in [0.4, 0.5) is 11.4 Å². The molecule has 1 aromatic carbocycles. The first kappa shape index (κ1) is 6.52. The van der Waals surface area contributed by atoms with Crippen molar-refractivity contribution in [3.05, 3.63) is 29.5 Å². The molecule has 0 saturated heterocycles. The minimum Gasteiger partial charge on any atom is -0.621 e. The van der Waals surface area contributed by atoms with Gasteiger partial charge in [-0.05, 0) is 18.2 Å². The highest BCUT2D eigenvalue weighted by Crippen LogP contribution is 2.34. The predicted octanol–water partition coefficient (Wildman–Crippen LogP) is 1.60. The van der Waals surface area contributed by atoms with E-state index >= 15 is 0 Å². The SMILES string of the molecule is C[N+]1([O-])C=Nc2c[c]ccc21. The van der Waals surface area contributed by atoms with Gasteiger partial charge in [-0.25, -0.2) is 0 Å². The van der Waals surface area contributed by atoms with E-state index in [1.807, 2.05) is 0 Å². The first-order valence-corrected chi connectivity index (χ1v) is 3.33. The molecule has 1 heterocycles. The Morgan fingerprint density at radius 2 is 2.45 bits per heavy atom. The molecule has 0 bridgehead atoms. The van der Waals surface area contributed by atoms with Crippen LogP contribution in [0.15, 0.2) is 23.2 Å². The van der Waals surface area contributed by atoms with Crippen molar-refractivity contribution < 1.29 is 0 Å². The third-order valence-corrected chi connectivity index (χ3v) is 1.72.